The van der Waals surface area contributed by atoms with Crippen LogP contribution in [0.2, 0.25) is 0 Å². The molecule has 5 nitrogen and oxygen atoms in total. The lowest BCUT2D eigenvalue weighted by atomic mass is 10.1. The SMILES string of the molecule is CCOC(=O)c1ccc2c(c1)nc(SCc1cccc(C)c1F)n2Cc1ccco1. The molecule has 0 amide bonds. The molecule has 0 fully saturated rings. The molecule has 0 aliphatic rings. The highest BCUT2D eigenvalue weighted by Crippen LogP contribution is 2.29. The van der Waals surface area contributed by atoms with E-state index in [9.17, 15) is 9.18 Å². The maximum atomic E-state index is 14.4. The summed E-state index contributed by atoms with van der Waals surface area (Å²) in [6, 6.07) is 14.4. The molecule has 30 heavy (non-hydrogen) atoms. The third-order valence-electron chi connectivity index (χ3n) is 4.75. The summed E-state index contributed by atoms with van der Waals surface area (Å²) in [6.45, 7) is 4.33. The highest BCUT2D eigenvalue weighted by molar-refractivity contribution is 7.98. The van der Waals surface area contributed by atoms with E-state index in [0.717, 1.165) is 16.4 Å². The van der Waals surface area contributed by atoms with Crippen LogP contribution in [0, 0.1) is 12.7 Å². The number of carbonyl (C=O) groups is 1. The van der Waals surface area contributed by atoms with Gasteiger partial charge in [0.25, 0.3) is 0 Å². The summed E-state index contributed by atoms with van der Waals surface area (Å²) in [7, 11) is 0. The maximum Gasteiger partial charge on any atom is 0.338 e. The molecule has 0 N–H and O–H groups in total. The van der Waals surface area contributed by atoms with Crippen LogP contribution in [0.5, 0.6) is 0 Å². The van der Waals surface area contributed by atoms with Crippen LogP contribution in [0.15, 0.2) is 64.4 Å². The summed E-state index contributed by atoms with van der Waals surface area (Å²) < 4.78 is 27.0. The van der Waals surface area contributed by atoms with Crippen LogP contribution in [-0.4, -0.2) is 22.1 Å². The van der Waals surface area contributed by atoms with E-state index in [0.29, 0.717) is 41.1 Å². The number of esters is 1. The first-order valence-electron chi connectivity index (χ1n) is 9.63. The fraction of sp³-hybridized carbons (Fsp3) is 0.217. The monoisotopic (exact) mass is 424 g/mol. The Bertz CT molecular complexity index is 1180. The first kappa shape index (κ1) is 20.2. The molecule has 0 saturated carbocycles. The van der Waals surface area contributed by atoms with Crippen molar-refractivity contribution in [2.45, 2.75) is 31.3 Å². The summed E-state index contributed by atoms with van der Waals surface area (Å²) in [5.74, 6) is 0.659. The highest BCUT2D eigenvalue weighted by atomic mass is 32.2. The fourth-order valence-electron chi connectivity index (χ4n) is 3.23. The van der Waals surface area contributed by atoms with Crippen molar-refractivity contribution in [3.63, 3.8) is 0 Å². The first-order chi connectivity index (χ1) is 14.6. The summed E-state index contributed by atoms with van der Waals surface area (Å²) >= 11 is 1.45. The van der Waals surface area contributed by atoms with Gasteiger partial charge < -0.3 is 13.7 Å². The number of aryl methyl sites for hydroxylation is 1. The van der Waals surface area contributed by atoms with Crippen LogP contribution in [0.4, 0.5) is 4.39 Å². The second-order valence-electron chi connectivity index (χ2n) is 6.82. The van der Waals surface area contributed by atoms with Gasteiger partial charge in [-0.05, 0) is 55.3 Å². The van der Waals surface area contributed by atoms with Gasteiger partial charge in [-0.1, -0.05) is 30.0 Å². The number of fused-ring (bicyclic) bond motifs is 1. The molecular weight excluding hydrogens is 403 g/mol. The summed E-state index contributed by atoms with van der Waals surface area (Å²) in [5.41, 5.74) is 3.25. The molecule has 0 radical (unpaired) electrons. The van der Waals surface area contributed by atoms with Gasteiger partial charge in [0.1, 0.15) is 11.6 Å². The van der Waals surface area contributed by atoms with Crippen molar-refractivity contribution < 1.29 is 18.3 Å². The molecule has 0 spiro atoms. The van der Waals surface area contributed by atoms with E-state index >= 15 is 0 Å². The summed E-state index contributed by atoms with van der Waals surface area (Å²) in [6.07, 6.45) is 1.63. The minimum Gasteiger partial charge on any atom is -0.467 e. The van der Waals surface area contributed by atoms with Crippen LogP contribution < -0.4 is 0 Å². The number of furan rings is 1. The number of hydrogen-bond acceptors (Lipinski definition) is 5. The lowest BCUT2D eigenvalue weighted by Gasteiger charge is -2.09. The average Bonchev–Trinajstić information content (AvgIpc) is 3.37. The van der Waals surface area contributed by atoms with E-state index in [1.165, 1.54) is 11.8 Å². The second kappa shape index (κ2) is 8.75. The Kier molecular flexibility index (Phi) is 5.90. The molecule has 0 bridgehead atoms. The van der Waals surface area contributed by atoms with E-state index < -0.39 is 0 Å². The van der Waals surface area contributed by atoms with Gasteiger partial charge in [0.05, 0.1) is 36.0 Å². The number of thioether (sulfide) groups is 1. The van der Waals surface area contributed by atoms with Gasteiger partial charge in [-0.15, -0.1) is 0 Å². The maximum absolute atomic E-state index is 14.4. The van der Waals surface area contributed by atoms with Crippen molar-refractivity contribution in [1.82, 2.24) is 9.55 Å². The first-order valence-corrected chi connectivity index (χ1v) is 10.6. The van der Waals surface area contributed by atoms with Crippen molar-refractivity contribution >= 4 is 28.8 Å². The number of carbonyl (C=O) groups excluding carboxylic acids is 1. The smallest absolute Gasteiger partial charge is 0.338 e. The highest BCUT2D eigenvalue weighted by Gasteiger charge is 2.16. The molecule has 0 saturated heterocycles. The molecule has 2 heterocycles. The van der Waals surface area contributed by atoms with E-state index in [1.807, 2.05) is 28.8 Å². The van der Waals surface area contributed by atoms with Crippen LogP contribution in [-0.2, 0) is 17.0 Å². The number of aromatic nitrogens is 2. The molecule has 154 valence electrons. The number of rotatable bonds is 7. The number of halogens is 1. The van der Waals surface area contributed by atoms with Crippen LogP contribution in [0.3, 0.4) is 0 Å². The van der Waals surface area contributed by atoms with Crippen molar-refractivity contribution in [2.24, 2.45) is 0 Å². The summed E-state index contributed by atoms with van der Waals surface area (Å²) in [4.78, 5) is 16.8. The van der Waals surface area contributed by atoms with E-state index in [-0.39, 0.29) is 11.8 Å². The van der Waals surface area contributed by atoms with Crippen molar-refractivity contribution in [3.05, 3.63) is 83.1 Å². The van der Waals surface area contributed by atoms with E-state index in [2.05, 4.69) is 0 Å². The number of benzene rings is 2. The Balaban J connectivity index is 1.70. The molecule has 4 aromatic rings. The molecule has 7 heteroatoms. The topological polar surface area (TPSA) is 57.3 Å². The second-order valence-corrected chi connectivity index (χ2v) is 7.76. The van der Waals surface area contributed by atoms with Crippen molar-refractivity contribution in [2.75, 3.05) is 6.61 Å². The zero-order valence-electron chi connectivity index (χ0n) is 16.7. The predicted molar refractivity (Wildman–Crippen MR) is 114 cm³/mol. The Morgan fingerprint density at radius 2 is 2.10 bits per heavy atom. The number of ether oxygens (including phenoxy) is 1. The van der Waals surface area contributed by atoms with Crippen molar-refractivity contribution in [1.29, 1.82) is 0 Å². The van der Waals surface area contributed by atoms with Crippen LogP contribution in [0.1, 0.15) is 34.2 Å². The molecule has 4 rings (SSSR count). The lowest BCUT2D eigenvalue weighted by Crippen LogP contribution is -2.04. The number of hydrogen-bond donors (Lipinski definition) is 0. The fourth-order valence-corrected chi connectivity index (χ4v) is 4.22. The minimum atomic E-state index is -0.379. The van der Waals surface area contributed by atoms with Gasteiger partial charge in [0.15, 0.2) is 5.16 Å². The van der Waals surface area contributed by atoms with Crippen LogP contribution in [0.25, 0.3) is 11.0 Å². The molecule has 2 aromatic heterocycles. The largest absolute Gasteiger partial charge is 0.467 e. The third-order valence-corrected chi connectivity index (χ3v) is 5.77. The Morgan fingerprint density at radius 1 is 1.23 bits per heavy atom. The summed E-state index contributed by atoms with van der Waals surface area (Å²) in [5, 5.41) is 0.725. The predicted octanol–water partition coefficient (Wildman–Crippen LogP) is 5.59. The van der Waals surface area contributed by atoms with E-state index in [1.54, 1.807) is 44.4 Å². The standard InChI is InChI=1S/C23H21FN2O3S/c1-3-28-22(27)16-9-10-20-19(12-16)25-23(26(20)13-18-8-5-11-29-18)30-14-17-7-4-6-15(2)21(17)24/h4-12H,3,13-14H2,1-2H3. The third kappa shape index (κ3) is 4.11. The van der Waals surface area contributed by atoms with Gasteiger partial charge in [0.2, 0.25) is 0 Å². The molecule has 0 atom stereocenters. The number of nitrogens with zero attached hydrogens (tertiary/aromatic N) is 2. The zero-order chi connectivity index (χ0) is 21.1. The molecule has 0 aliphatic carbocycles. The molecular formula is C23H21FN2O3S. The quantitative estimate of drug-likeness (QED) is 0.286. The Labute approximate surface area is 177 Å². The van der Waals surface area contributed by atoms with Gasteiger partial charge in [0, 0.05) is 5.75 Å². The van der Waals surface area contributed by atoms with Gasteiger partial charge in [-0.25, -0.2) is 14.2 Å². The van der Waals surface area contributed by atoms with Gasteiger partial charge in [-0.3, -0.25) is 0 Å². The van der Waals surface area contributed by atoms with Gasteiger partial charge >= 0.3 is 5.97 Å². The normalized spacial score (nSPS) is 11.2. The van der Waals surface area contributed by atoms with Crippen LogP contribution >= 0.6 is 11.8 Å². The minimum absolute atomic E-state index is 0.191. The van der Waals surface area contributed by atoms with Crippen molar-refractivity contribution in [3.8, 4) is 0 Å². The Hall–Kier alpha value is -3.06. The lowest BCUT2D eigenvalue weighted by molar-refractivity contribution is 0.0526. The number of imidazole rings is 1. The average molecular weight is 424 g/mol. The Morgan fingerprint density at radius 3 is 2.87 bits per heavy atom. The molecule has 0 unspecified atom stereocenters. The molecule has 2 aromatic carbocycles. The molecule has 0 aliphatic heterocycles. The van der Waals surface area contributed by atoms with Gasteiger partial charge in [-0.2, -0.15) is 0 Å². The zero-order valence-corrected chi connectivity index (χ0v) is 17.5. The van der Waals surface area contributed by atoms with E-state index in [4.69, 9.17) is 14.1 Å².